The van der Waals surface area contributed by atoms with E-state index >= 15 is 0 Å². The number of aliphatic hydroxyl groups is 1. The maximum absolute atomic E-state index is 13.3. The normalized spacial score (nSPS) is 13.0. The van der Waals surface area contributed by atoms with Gasteiger partial charge in [-0.2, -0.15) is 57.1 Å². The molecule has 0 bridgehead atoms. The average Bonchev–Trinajstić information content (AvgIpc) is 0.785. The Morgan fingerprint density at radius 2 is 0.824 bits per heavy atom. The Bertz CT molecular complexity index is 4850. The van der Waals surface area contributed by atoms with E-state index in [1.54, 1.807) is 17.0 Å². The van der Waals surface area contributed by atoms with Crippen molar-refractivity contribution in [2.45, 2.75) is 97.3 Å². The molecule has 0 saturated carbocycles. The fourth-order valence-corrected chi connectivity index (χ4v) is 12.6. The van der Waals surface area contributed by atoms with Crippen LogP contribution < -0.4 is 31.1 Å². The van der Waals surface area contributed by atoms with Crippen LogP contribution in [-0.2, 0) is 76.6 Å². The Balaban J connectivity index is 0.000000255. The van der Waals surface area contributed by atoms with Crippen LogP contribution in [0.4, 0.5) is 96.9 Å². The molecule has 0 aliphatic carbocycles. The summed E-state index contributed by atoms with van der Waals surface area (Å²) in [6.45, 7) is 15.9. The number of aromatic nitrogens is 2. The molecule has 4 aliphatic heterocycles. The van der Waals surface area contributed by atoms with Crippen molar-refractivity contribution in [2.24, 2.45) is 0 Å². The summed E-state index contributed by atoms with van der Waals surface area (Å²) in [5.41, 5.74) is 13.0. The van der Waals surface area contributed by atoms with E-state index in [1.165, 1.54) is 115 Å². The third kappa shape index (κ3) is 30.6. The second-order valence-electron chi connectivity index (χ2n) is 25.8. The molecule has 0 fully saturated rings. The molecule has 0 saturated heterocycles. The van der Waals surface area contributed by atoms with Crippen LogP contribution in [0.2, 0.25) is 0 Å². The molecule has 0 unspecified atom stereocenters. The van der Waals surface area contributed by atoms with Crippen LogP contribution in [0.25, 0.3) is 0 Å². The van der Waals surface area contributed by atoms with Gasteiger partial charge in [-0.25, -0.2) is 0 Å². The van der Waals surface area contributed by atoms with Gasteiger partial charge in [0.2, 0.25) is 5.82 Å². The molecule has 5 N–H and O–H groups in total. The zero-order valence-corrected chi connectivity index (χ0v) is 67.7. The van der Waals surface area contributed by atoms with Crippen molar-refractivity contribution in [2.75, 3.05) is 84.0 Å². The van der Waals surface area contributed by atoms with Gasteiger partial charge in [-0.05, 0) is 193 Å². The topological polar surface area (TPSA) is 229 Å². The summed E-state index contributed by atoms with van der Waals surface area (Å²) in [4.78, 5) is 58.0. The highest BCUT2D eigenvalue weighted by Gasteiger charge is 2.37. The van der Waals surface area contributed by atoms with Crippen LogP contribution in [0, 0.1) is 26.0 Å². The van der Waals surface area contributed by atoms with Crippen molar-refractivity contribution in [3.8, 4) is 0 Å². The van der Waals surface area contributed by atoms with Crippen molar-refractivity contribution < 1.29 is 81.6 Å². The highest BCUT2D eigenvalue weighted by molar-refractivity contribution is 6.67. The maximum Gasteiger partial charge on any atom is 0.416 e. The van der Waals surface area contributed by atoms with Crippen molar-refractivity contribution in [1.29, 1.82) is 0 Å². The van der Waals surface area contributed by atoms with Gasteiger partial charge in [0.05, 0.1) is 60.2 Å². The van der Waals surface area contributed by atoms with E-state index in [0.29, 0.717) is 79.8 Å². The molecule has 0 atom stereocenters. The summed E-state index contributed by atoms with van der Waals surface area (Å²) in [7, 11) is 1.00. The Labute approximate surface area is 700 Å². The standard InChI is InChI=1S/C22H18F3N3O.C16H13F3N2O2.C16H15F3N2.C9H11N.C7H3F4NO2.C6H4ClNO.C6H15N.CH2Cl2.CH4O.ClH/c23-22(24,25)18-5-6-20(28-12-9-15-3-1-2-4-17(15)14-28)19(13-18)27-21(29)16-7-10-26-11-8-16;17-16(18,19)13-5-6-14(15(9-13)21(22)23)20-8-7-11-3-1-2-4-12(11)10-20;17-16(18,19)13-5-6-15(14(20)9-13)21-8-7-11-3-1-2-4-12(11)10-21;1-2-4-9-7-10-6-5-8(9)3-1;8-5-2-1-4(7(9,10)11)3-6(5)12(13)14;7-6(9)5-1-3-8-4-2-5;1-4-7(5-2)6-3;2-1-3;1-2;/h1-8,10-11,13H,9,12,14H2,(H,27,29);1-6,9H,7-8,10H2;1-6,9H,7-8,10,20H2;1-4,10H,5-7H2;1-3H;1-4H;4-6H2,1-3H3;1H2;2H,1H3;1H. The van der Waals surface area contributed by atoms with Crippen LogP contribution in [0.1, 0.15) is 108 Å². The first-order chi connectivity index (χ1) is 56.1. The molecule has 638 valence electrons. The summed E-state index contributed by atoms with van der Waals surface area (Å²) in [5.74, 6) is -1.77. The number of nitrogens with one attached hydrogen (secondary N) is 2. The number of amides is 1. The first kappa shape index (κ1) is 98.9. The number of fused-ring (bicyclic) bond motifs is 4. The molecule has 1 amide bonds. The van der Waals surface area contributed by atoms with E-state index in [1.807, 2.05) is 70.5 Å². The van der Waals surface area contributed by atoms with Gasteiger partial charge < -0.3 is 41.1 Å². The fourth-order valence-electron chi connectivity index (χ4n) is 12.4. The number of nitrogens with two attached hydrogens (primary N) is 1. The van der Waals surface area contributed by atoms with Gasteiger partial charge >= 0.3 is 30.4 Å². The molecule has 0 radical (unpaired) electrons. The minimum Gasteiger partial charge on any atom is -0.400 e. The summed E-state index contributed by atoms with van der Waals surface area (Å²) >= 11 is 14.7. The summed E-state index contributed by atoms with van der Waals surface area (Å²) in [6, 6.07) is 49.4. The Morgan fingerprint density at radius 3 is 1.19 bits per heavy atom. The molecule has 14 rings (SSSR count). The quantitative estimate of drug-likeness (QED) is 0.0236. The lowest BCUT2D eigenvalue weighted by Crippen LogP contribution is -2.31. The number of hydrogen-bond donors (Lipinski definition) is 4. The van der Waals surface area contributed by atoms with Crippen molar-refractivity contribution >= 4 is 98.2 Å². The van der Waals surface area contributed by atoms with Crippen LogP contribution >= 0.6 is 47.2 Å². The average molecular weight is 1750 g/mol. The second kappa shape index (κ2) is 47.8. The fraction of sp³-hybridized carbons (Fsp3) is 0.286. The van der Waals surface area contributed by atoms with E-state index < -0.39 is 85.1 Å². The highest BCUT2D eigenvalue weighted by atomic mass is 35.5. The van der Waals surface area contributed by atoms with Crippen LogP contribution in [-0.4, -0.2) is 99.2 Å². The first-order valence-electron chi connectivity index (χ1n) is 36.5. The number of rotatable bonds is 11. The van der Waals surface area contributed by atoms with E-state index in [9.17, 15) is 86.9 Å². The van der Waals surface area contributed by atoms with Gasteiger partial charge in [0.25, 0.3) is 16.8 Å². The SMILES string of the molecule is CCN(CC)CC.CO.Cl.ClCCl.Nc1cc(C(F)(F)F)ccc1N1CCc2ccccc2C1.O=C(Cl)c1ccncc1.O=C(Nc1cc(C(F)(F)F)ccc1N1CCc2ccccc2C1)c1ccncc1.O=[N+]([O-])c1cc(C(F)(F)F)ccc1F.O=[N+]([O-])c1cc(C(F)(F)F)ccc1N1CCc2ccccc2C1.c1ccc2c(c1)CCNC2. The van der Waals surface area contributed by atoms with Crippen LogP contribution in [0.15, 0.2) is 219 Å². The number of alkyl halides is 14. The van der Waals surface area contributed by atoms with E-state index in [2.05, 4.69) is 82.7 Å². The number of nitro groups is 2. The molecule has 119 heavy (non-hydrogen) atoms. The number of carbonyl (C=O) groups is 2. The van der Waals surface area contributed by atoms with Crippen molar-refractivity contribution in [3.05, 3.63) is 323 Å². The molecular formula is C84H86Cl4F13N11O7. The Morgan fingerprint density at radius 1 is 0.487 bits per heavy atom. The van der Waals surface area contributed by atoms with Gasteiger partial charge in [0, 0.05) is 101 Å². The third-order valence-corrected chi connectivity index (χ3v) is 18.7. The molecule has 10 aromatic rings. The highest BCUT2D eigenvalue weighted by Crippen LogP contribution is 2.41. The smallest absolute Gasteiger partial charge is 0.400 e. The first-order valence-corrected chi connectivity index (χ1v) is 37.9. The zero-order valence-electron chi connectivity index (χ0n) is 64.6. The van der Waals surface area contributed by atoms with E-state index in [4.69, 9.17) is 45.6 Å². The lowest BCUT2D eigenvalue weighted by Gasteiger charge is -2.32. The van der Waals surface area contributed by atoms with Gasteiger partial charge in [-0.3, -0.25) is 39.8 Å². The van der Waals surface area contributed by atoms with Crippen molar-refractivity contribution in [3.63, 3.8) is 0 Å². The zero-order chi connectivity index (χ0) is 86.9. The molecule has 4 aliphatic rings. The summed E-state index contributed by atoms with van der Waals surface area (Å²) in [6.07, 6.45) is -8.64. The van der Waals surface area contributed by atoms with Gasteiger partial charge in [-0.1, -0.05) is 118 Å². The molecule has 2 aromatic heterocycles. The number of hydrogen-bond acceptors (Lipinski definition) is 15. The maximum atomic E-state index is 13.3. The van der Waals surface area contributed by atoms with Gasteiger partial charge in [-0.15, -0.1) is 35.6 Å². The molecule has 18 nitrogen and oxygen atoms in total. The number of aliphatic hydroxyl groups excluding tert-OH is 1. The number of halogens is 17. The predicted octanol–water partition coefficient (Wildman–Crippen LogP) is 21.3. The predicted molar refractivity (Wildman–Crippen MR) is 441 cm³/mol. The largest absolute Gasteiger partial charge is 0.416 e. The van der Waals surface area contributed by atoms with E-state index in [0.717, 1.165) is 81.0 Å². The monoisotopic (exact) mass is 1750 g/mol. The summed E-state index contributed by atoms with van der Waals surface area (Å²) < 4.78 is 165. The number of carbonyl (C=O) groups excluding carboxylic acids is 2. The minimum absolute atomic E-state index is 0. The number of nitro benzene ring substituents is 2. The van der Waals surface area contributed by atoms with Crippen molar-refractivity contribution in [1.82, 2.24) is 20.2 Å². The molecule has 8 aromatic carbocycles. The molecule has 35 heteroatoms. The minimum atomic E-state index is -4.71. The van der Waals surface area contributed by atoms with Crippen LogP contribution in [0.3, 0.4) is 0 Å². The molecule has 6 heterocycles. The van der Waals surface area contributed by atoms with Gasteiger partial charge in [0.15, 0.2) is 0 Å². The Hall–Kier alpha value is -10.7. The van der Waals surface area contributed by atoms with E-state index in [-0.39, 0.29) is 40.9 Å². The molecular weight excluding hydrogens is 1660 g/mol. The van der Waals surface area contributed by atoms with Crippen LogP contribution in [0.5, 0.6) is 0 Å². The van der Waals surface area contributed by atoms with Gasteiger partial charge in [0.1, 0.15) is 5.69 Å². The summed E-state index contributed by atoms with van der Waals surface area (Å²) in [5, 5.41) is 34.0. The third-order valence-electron chi connectivity index (χ3n) is 18.5. The number of nitrogens with zero attached hydrogens (tertiary/aromatic N) is 8. The lowest BCUT2D eigenvalue weighted by atomic mass is 9.99. The molecule has 0 spiro atoms. The Kier molecular flexibility index (Phi) is 39.7. The second-order valence-corrected chi connectivity index (χ2v) is 27.0. The lowest BCUT2D eigenvalue weighted by molar-refractivity contribution is -0.387. The number of nitrogen functional groups attached to an aromatic ring is 1. The number of pyridine rings is 2. The number of benzene rings is 8. The number of anilines is 5.